The van der Waals surface area contributed by atoms with Gasteiger partial charge in [0, 0.05) is 12.2 Å². The summed E-state index contributed by atoms with van der Waals surface area (Å²) in [5.41, 5.74) is 3.16. The molecule has 2 heterocycles. The maximum absolute atomic E-state index is 12.4. The highest BCUT2D eigenvalue weighted by Gasteiger charge is 2.17. The Morgan fingerprint density at radius 3 is 2.64 bits per heavy atom. The van der Waals surface area contributed by atoms with Crippen LogP contribution in [0.4, 0.5) is 5.69 Å². The van der Waals surface area contributed by atoms with Crippen LogP contribution in [0.25, 0.3) is 5.69 Å². The van der Waals surface area contributed by atoms with Gasteiger partial charge in [-0.05, 0) is 48.7 Å². The van der Waals surface area contributed by atoms with Gasteiger partial charge in [0.05, 0.1) is 11.9 Å². The molecule has 6 nitrogen and oxygen atoms in total. The number of anilines is 1. The first kappa shape index (κ1) is 15.5. The van der Waals surface area contributed by atoms with E-state index >= 15 is 0 Å². The zero-order valence-electron chi connectivity index (χ0n) is 13.7. The van der Waals surface area contributed by atoms with Crippen LogP contribution in [0.2, 0.25) is 0 Å². The number of para-hydroxylation sites is 1. The highest BCUT2D eigenvalue weighted by molar-refractivity contribution is 6.02. The average molecular weight is 333 g/mol. The van der Waals surface area contributed by atoms with Crippen molar-refractivity contribution in [2.24, 2.45) is 0 Å². The number of nitrogens with one attached hydrogen (secondary N) is 2. The Kier molecular flexibility index (Phi) is 4.26. The van der Waals surface area contributed by atoms with Gasteiger partial charge in [0.1, 0.15) is 0 Å². The van der Waals surface area contributed by atoms with Crippen LogP contribution < -0.4 is 10.6 Å². The van der Waals surface area contributed by atoms with E-state index in [1.807, 2.05) is 42.5 Å². The third-order valence-corrected chi connectivity index (χ3v) is 4.41. The van der Waals surface area contributed by atoms with Crippen molar-refractivity contribution in [2.75, 3.05) is 18.4 Å². The van der Waals surface area contributed by atoms with Gasteiger partial charge in [-0.15, -0.1) is 5.10 Å². The van der Waals surface area contributed by atoms with Gasteiger partial charge in [-0.3, -0.25) is 4.79 Å². The molecule has 2 aromatic carbocycles. The second-order valence-electron chi connectivity index (χ2n) is 6.12. The fourth-order valence-electron chi connectivity index (χ4n) is 3.03. The Balaban J connectivity index is 1.44. The quantitative estimate of drug-likeness (QED) is 0.770. The lowest BCUT2D eigenvalue weighted by atomic mass is 9.98. The largest absolute Gasteiger partial charge is 0.321 e. The molecule has 0 bridgehead atoms. The molecule has 1 fully saturated rings. The summed E-state index contributed by atoms with van der Waals surface area (Å²) >= 11 is 0. The van der Waals surface area contributed by atoms with Crippen LogP contribution >= 0.6 is 0 Å². The number of carbonyl (C=O) groups excluding carboxylic acids is 1. The van der Waals surface area contributed by atoms with Gasteiger partial charge in [0.2, 0.25) is 0 Å². The average Bonchev–Trinajstić information content (AvgIpc) is 3.35. The normalized spacial score (nSPS) is 16.7. The van der Waals surface area contributed by atoms with Gasteiger partial charge in [-0.25, -0.2) is 0 Å². The summed E-state index contributed by atoms with van der Waals surface area (Å²) in [6, 6.07) is 17.5. The molecule has 1 amide bonds. The number of rotatable bonds is 4. The summed E-state index contributed by atoms with van der Waals surface area (Å²) in [5.74, 6) is 0.299. The highest BCUT2D eigenvalue weighted by Crippen LogP contribution is 2.23. The minimum atomic E-state index is -0.266. The lowest BCUT2D eigenvalue weighted by Gasteiger charge is -2.10. The first-order chi connectivity index (χ1) is 12.3. The van der Waals surface area contributed by atoms with E-state index in [0.29, 0.717) is 5.92 Å². The van der Waals surface area contributed by atoms with Gasteiger partial charge in [0.15, 0.2) is 5.69 Å². The zero-order valence-corrected chi connectivity index (χ0v) is 13.7. The van der Waals surface area contributed by atoms with Crippen LogP contribution in [-0.2, 0) is 0 Å². The maximum atomic E-state index is 12.4. The van der Waals surface area contributed by atoms with E-state index in [1.54, 1.807) is 0 Å². The lowest BCUT2D eigenvalue weighted by molar-refractivity contribution is 0.102. The molecule has 6 heteroatoms. The number of hydrogen-bond donors (Lipinski definition) is 2. The fraction of sp³-hybridized carbons (Fsp3) is 0.211. The Labute approximate surface area is 145 Å². The van der Waals surface area contributed by atoms with E-state index in [2.05, 4.69) is 33.0 Å². The smallest absolute Gasteiger partial charge is 0.277 e. The molecular formula is C19H19N5O. The highest BCUT2D eigenvalue weighted by atomic mass is 16.2. The van der Waals surface area contributed by atoms with E-state index in [4.69, 9.17) is 0 Å². The van der Waals surface area contributed by atoms with Crippen molar-refractivity contribution in [1.82, 2.24) is 20.3 Å². The predicted molar refractivity (Wildman–Crippen MR) is 96.0 cm³/mol. The van der Waals surface area contributed by atoms with Gasteiger partial charge >= 0.3 is 0 Å². The number of amides is 1. The fourth-order valence-corrected chi connectivity index (χ4v) is 3.03. The van der Waals surface area contributed by atoms with Crippen molar-refractivity contribution < 1.29 is 4.79 Å². The molecular weight excluding hydrogens is 314 g/mol. The maximum Gasteiger partial charge on any atom is 0.277 e. The molecule has 1 saturated heterocycles. The van der Waals surface area contributed by atoms with Crippen molar-refractivity contribution in [3.63, 3.8) is 0 Å². The third kappa shape index (κ3) is 3.44. The molecule has 25 heavy (non-hydrogen) atoms. The molecule has 2 N–H and O–H groups in total. The topological polar surface area (TPSA) is 71.8 Å². The predicted octanol–water partition coefficient (Wildman–Crippen LogP) is 2.60. The number of benzene rings is 2. The Bertz CT molecular complexity index is 851. The monoisotopic (exact) mass is 333 g/mol. The molecule has 0 saturated carbocycles. The van der Waals surface area contributed by atoms with E-state index in [9.17, 15) is 4.79 Å². The molecule has 1 aliphatic heterocycles. The molecule has 126 valence electrons. The summed E-state index contributed by atoms with van der Waals surface area (Å²) in [6.07, 6.45) is 2.63. The molecule has 0 spiro atoms. The standard InChI is InChI=1S/C19H19N5O/c25-19(18-13-21-24(23-18)17-4-2-1-3-5-17)22-16-8-6-14(7-9-16)15-10-11-20-12-15/h1-9,13,15,20H,10-12H2,(H,22,25). The first-order valence-corrected chi connectivity index (χ1v) is 8.39. The number of hydrogen-bond acceptors (Lipinski definition) is 4. The van der Waals surface area contributed by atoms with Crippen LogP contribution in [0.5, 0.6) is 0 Å². The van der Waals surface area contributed by atoms with Crippen LogP contribution in [0, 0.1) is 0 Å². The molecule has 1 aliphatic rings. The molecule has 4 rings (SSSR count). The minimum absolute atomic E-state index is 0.266. The summed E-state index contributed by atoms with van der Waals surface area (Å²) in [5, 5.41) is 14.6. The van der Waals surface area contributed by atoms with Gasteiger partial charge < -0.3 is 10.6 Å². The van der Waals surface area contributed by atoms with Crippen LogP contribution in [-0.4, -0.2) is 34.0 Å². The summed E-state index contributed by atoms with van der Waals surface area (Å²) in [7, 11) is 0. The van der Waals surface area contributed by atoms with Crippen molar-refractivity contribution in [3.05, 3.63) is 72.1 Å². The first-order valence-electron chi connectivity index (χ1n) is 8.39. The van der Waals surface area contributed by atoms with E-state index in [-0.39, 0.29) is 11.6 Å². The van der Waals surface area contributed by atoms with Crippen molar-refractivity contribution >= 4 is 11.6 Å². The molecule has 0 aliphatic carbocycles. The van der Waals surface area contributed by atoms with Crippen LogP contribution in [0.3, 0.4) is 0 Å². The minimum Gasteiger partial charge on any atom is -0.321 e. The van der Waals surface area contributed by atoms with Crippen molar-refractivity contribution in [2.45, 2.75) is 12.3 Å². The zero-order chi connectivity index (χ0) is 17.1. The molecule has 1 unspecified atom stereocenters. The Morgan fingerprint density at radius 1 is 1.12 bits per heavy atom. The molecule has 1 aromatic heterocycles. The second kappa shape index (κ2) is 6.86. The van der Waals surface area contributed by atoms with Gasteiger partial charge in [-0.2, -0.15) is 9.90 Å². The van der Waals surface area contributed by atoms with Crippen molar-refractivity contribution in [1.29, 1.82) is 0 Å². The van der Waals surface area contributed by atoms with Gasteiger partial charge in [-0.1, -0.05) is 30.3 Å². The Morgan fingerprint density at radius 2 is 1.92 bits per heavy atom. The second-order valence-corrected chi connectivity index (χ2v) is 6.12. The van der Waals surface area contributed by atoms with E-state index in [1.165, 1.54) is 16.6 Å². The SMILES string of the molecule is O=C(Nc1ccc(C2CCNC2)cc1)c1cnn(-c2ccccc2)n1. The number of aromatic nitrogens is 3. The van der Waals surface area contributed by atoms with E-state index < -0.39 is 0 Å². The Hall–Kier alpha value is -2.99. The summed E-state index contributed by atoms with van der Waals surface area (Å²) < 4.78 is 0. The molecule has 0 radical (unpaired) electrons. The number of carbonyl (C=O) groups is 1. The summed E-state index contributed by atoms with van der Waals surface area (Å²) in [4.78, 5) is 13.8. The van der Waals surface area contributed by atoms with Gasteiger partial charge in [0.25, 0.3) is 5.91 Å². The number of nitrogens with zero attached hydrogens (tertiary/aromatic N) is 3. The lowest BCUT2D eigenvalue weighted by Crippen LogP contribution is -2.13. The molecule has 3 aromatic rings. The van der Waals surface area contributed by atoms with Crippen LogP contribution in [0.1, 0.15) is 28.4 Å². The molecule has 1 atom stereocenters. The van der Waals surface area contributed by atoms with Crippen LogP contribution in [0.15, 0.2) is 60.8 Å². The van der Waals surface area contributed by atoms with Crippen molar-refractivity contribution in [3.8, 4) is 5.69 Å². The third-order valence-electron chi connectivity index (χ3n) is 4.41. The summed E-state index contributed by atoms with van der Waals surface area (Å²) in [6.45, 7) is 2.09. The van der Waals surface area contributed by atoms with E-state index in [0.717, 1.165) is 30.9 Å².